The number of nitriles is 1. The number of aromatic nitrogens is 4. The van der Waals surface area contributed by atoms with Crippen LogP contribution in [0.2, 0.25) is 5.02 Å². The van der Waals surface area contributed by atoms with Gasteiger partial charge in [0.05, 0.1) is 16.6 Å². The van der Waals surface area contributed by atoms with Crippen LogP contribution in [0.5, 0.6) is 11.5 Å². The van der Waals surface area contributed by atoms with Crippen LogP contribution in [0.4, 0.5) is 0 Å². The number of nitrogens with zero attached hydrogens (tertiary/aromatic N) is 6. The molecule has 1 saturated heterocycles. The summed E-state index contributed by atoms with van der Waals surface area (Å²) in [4.78, 5) is 22.2. The SMILES string of the molecule is C=CC(=O)N1CCCC(n2nc(-c3ccc(Oc4ccncc4C#N)cc3)c3cncc(Cl)c32)C1. The van der Waals surface area contributed by atoms with Gasteiger partial charge in [0, 0.05) is 54.9 Å². The van der Waals surface area contributed by atoms with Crippen molar-refractivity contribution in [1.29, 1.82) is 5.26 Å². The second-order valence-electron chi connectivity index (χ2n) is 8.21. The first-order valence-corrected chi connectivity index (χ1v) is 11.5. The van der Waals surface area contributed by atoms with E-state index in [1.54, 1.807) is 29.6 Å². The van der Waals surface area contributed by atoms with E-state index in [-0.39, 0.29) is 11.9 Å². The smallest absolute Gasteiger partial charge is 0.246 e. The molecule has 0 spiro atoms. The Labute approximate surface area is 207 Å². The lowest BCUT2D eigenvalue weighted by Gasteiger charge is -2.32. The first-order chi connectivity index (χ1) is 17.1. The van der Waals surface area contributed by atoms with Crippen molar-refractivity contribution in [3.8, 4) is 28.8 Å². The van der Waals surface area contributed by atoms with Crippen molar-refractivity contribution in [3.63, 3.8) is 0 Å². The summed E-state index contributed by atoms with van der Waals surface area (Å²) in [5.41, 5.74) is 2.77. The first kappa shape index (κ1) is 22.6. The zero-order chi connectivity index (χ0) is 24.4. The number of pyridine rings is 2. The maximum absolute atomic E-state index is 12.2. The summed E-state index contributed by atoms with van der Waals surface area (Å²) >= 11 is 6.58. The Bertz CT molecular complexity index is 1460. The van der Waals surface area contributed by atoms with Crippen LogP contribution < -0.4 is 4.74 Å². The Morgan fingerprint density at radius 2 is 2.03 bits per heavy atom. The van der Waals surface area contributed by atoms with Gasteiger partial charge in [-0.3, -0.25) is 19.4 Å². The van der Waals surface area contributed by atoms with Crippen molar-refractivity contribution < 1.29 is 9.53 Å². The number of halogens is 1. The van der Waals surface area contributed by atoms with Crippen molar-refractivity contribution >= 4 is 28.4 Å². The Hall–Kier alpha value is -4.22. The van der Waals surface area contributed by atoms with Crippen molar-refractivity contribution in [2.24, 2.45) is 0 Å². The summed E-state index contributed by atoms with van der Waals surface area (Å²) in [5, 5.41) is 15.5. The predicted molar refractivity (Wildman–Crippen MR) is 132 cm³/mol. The molecule has 9 heteroatoms. The zero-order valence-electron chi connectivity index (χ0n) is 18.8. The standard InChI is InChI=1S/C26H21ClN6O2/c1-2-24(34)32-11-3-4-19(16-32)33-26-21(14-30-15-22(26)27)25(31-33)17-5-7-20(8-6-17)35-23-9-10-29-13-18(23)12-28/h2,5-10,13-15,19H,1,3-4,11,16H2. The number of fused-ring (bicyclic) bond motifs is 1. The summed E-state index contributed by atoms with van der Waals surface area (Å²) in [6, 6.07) is 11.2. The van der Waals surface area contributed by atoms with Crippen molar-refractivity contribution in [2.45, 2.75) is 18.9 Å². The fourth-order valence-corrected chi connectivity index (χ4v) is 4.61. The van der Waals surface area contributed by atoms with Gasteiger partial charge >= 0.3 is 0 Å². The highest BCUT2D eigenvalue weighted by atomic mass is 35.5. The quantitative estimate of drug-likeness (QED) is 0.363. The van der Waals surface area contributed by atoms with E-state index in [2.05, 4.69) is 22.6 Å². The third kappa shape index (κ3) is 4.34. The molecule has 1 fully saturated rings. The van der Waals surface area contributed by atoms with Gasteiger partial charge in [0.1, 0.15) is 28.8 Å². The van der Waals surface area contributed by atoms with Gasteiger partial charge in [0.2, 0.25) is 5.91 Å². The minimum absolute atomic E-state index is 0.0116. The lowest BCUT2D eigenvalue weighted by Crippen LogP contribution is -2.40. The largest absolute Gasteiger partial charge is 0.456 e. The Kier molecular flexibility index (Phi) is 6.17. The summed E-state index contributed by atoms with van der Waals surface area (Å²) in [5.74, 6) is 0.947. The van der Waals surface area contributed by atoms with Crippen molar-refractivity contribution in [2.75, 3.05) is 13.1 Å². The molecule has 1 aliphatic heterocycles. The topological polar surface area (TPSA) is 96.9 Å². The van der Waals surface area contributed by atoms with Crippen LogP contribution in [0.1, 0.15) is 24.4 Å². The molecule has 4 heterocycles. The molecule has 0 bridgehead atoms. The van der Waals surface area contributed by atoms with E-state index >= 15 is 0 Å². The molecular weight excluding hydrogens is 464 g/mol. The van der Waals surface area contributed by atoms with Crippen LogP contribution in [0.15, 0.2) is 67.8 Å². The third-order valence-electron chi connectivity index (χ3n) is 6.05. The number of likely N-dealkylation sites (tertiary alicyclic amines) is 1. The van der Waals surface area contributed by atoms with E-state index in [0.717, 1.165) is 35.0 Å². The van der Waals surface area contributed by atoms with Gasteiger partial charge in [0.25, 0.3) is 0 Å². The van der Waals surface area contributed by atoms with E-state index < -0.39 is 0 Å². The first-order valence-electron chi connectivity index (χ1n) is 11.1. The van der Waals surface area contributed by atoms with Crippen LogP contribution >= 0.6 is 11.6 Å². The molecule has 0 radical (unpaired) electrons. The predicted octanol–water partition coefficient (Wildman–Crippen LogP) is 5.16. The number of piperidine rings is 1. The van der Waals surface area contributed by atoms with Gasteiger partial charge in [-0.25, -0.2) is 0 Å². The van der Waals surface area contributed by atoms with E-state index in [4.69, 9.17) is 21.4 Å². The fourth-order valence-electron chi connectivity index (χ4n) is 4.37. The van der Waals surface area contributed by atoms with Gasteiger partial charge in [-0.05, 0) is 43.2 Å². The second-order valence-corrected chi connectivity index (χ2v) is 8.61. The molecule has 0 saturated carbocycles. The lowest BCUT2D eigenvalue weighted by molar-refractivity contribution is -0.127. The number of carbonyl (C=O) groups excluding carboxylic acids is 1. The molecule has 35 heavy (non-hydrogen) atoms. The van der Waals surface area contributed by atoms with Crippen LogP contribution in [-0.4, -0.2) is 43.6 Å². The zero-order valence-corrected chi connectivity index (χ0v) is 19.5. The maximum Gasteiger partial charge on any atom is 0.246 e. The number of hydrogen-bond donors (Lipinski definition) is 0. The molecule has 1 aromatic carbocycles. The average Bonchev–Trinajstić information content (AvgIpc) is 3.30. The highest BCUT2D eigenvalue weighted by molar-refractivity contribution is 6.35. The minimum atomic E-state index is -0.0801. The molecule has 0 aliphatic carbocycles. The normalized spacial score (nSPS) is 15.5. The van der Waals surface area contributed by atoms with Gasteiger partial charge in [-0.1, -0.05) is 18.2 Å². The van der Waals surface area contributed by atoms with Gasteiger partial charge in [0.15, 0.2) is 0 Å². The van der Waals surface area contributed by atoms with Gasteiger partial charge < -0.3 is 9.64 Å². The molecular formula is C26H21ClN6O2. The number of carbonyl (C=O) groups is 1. The monoisotopic (exact) mass is 484 g/mol. The van der Waals surface area contributed by atoms with Crippen LogP contribution in [-0.2, 0) is 4.79 Å². The van der Waals surface area contributed by atoms with E-state index in [0.29, 0.717) is 35.2 Å². The molecule has 174 valence electrons. The number of rotatable bonds is 5. The van der Waals surface area contributed by atoms with E-state index in [9.17, 15) is 10.1 Å². The van der Waals surface area contributed by atoms with E-state index in [1.165, 1.54) is 12.3 Å². The molecule has 1 amide bonds. The van der Waals surface area contributed by atoms with Gasteiger partial charge in [-0.2, -0.15) is 10.4 Å². The number of benzene rings is 1. The van der Waals surface area contributed by atoms with Crippen molar-refractivity contribution in [3.05, 3.63) is 78.4 Å². The molecule has 8 nitrogen and oxygen atoms in total. The number of hydrogen-bond acceptors (Lipinski definition) is 6. The number of ether oxygens (including phenoxy) is 1. The Morgan fingerprint density at radius 1 is 1.20 bits per heavy atom. The summed E-state index contributed by atoms with van der Waals surface area (Å²) in [7, 11) is 0. The molecule has 1 unspecified atom stereocenters. The van der Waals surface area contributed by atoms with Crippen LogP contribution in [0.25, 0.3) is 22.2 Å². The molecule has 5 rings (SSSR count). The molecule has 1 atom stereocenters. The lowest BCUT2D eigenvalue weighted by atomic mass is 10.1. The van der Waals surface area contributed by atoms with Crippen molar-refractivity contribution in [1.82, 2.24) is 24.6 Å². The second kappa shape index (κ2) is 9.57. The van der Waals surface area contributed by atoms with Crippen LogP contribution in [0, 0.1) is 11.3 Å². The molecule has 4 aromatic rings. The molecule has 1 aliphatic rings. The molecule has 3 aromatic heterocycles. The van der Waals surface area contributed by atoms with E-state index in [1.807, 2.05) is 28.9 Å². The minimum Gasteiger partial charge on any atom is -0.456 e. The average molecular weight is 485 g/mol. The highest BCUT2D eigenvalue weighted by Gasteiger charge is 2.27. The van der Waals surface area contributed by atoms with Crippen LogP contribution in [0.3, 0.4) is 0 Å². The Morgan fingerprint density at radius 3 is 2.80 bits per heavy atom. The third-order valence-corrected chi connectivity index (χ3v) is 6.33. The highest BCUT2D eigenvalue weighted by Crippen LogP contribution is 2.36. The fraction of sp³-hybridized carbons (Fsp3) is 0.192. The summed E-state index contributed by atoms with van der Waals surface area (Å²) < 4.78 is 7.80. The van der Waals surface area contributed by atoms with Gasteiger partial charge in [-0.15, -0.1) is 0 Å². The maximum atomic E-state index is 12.2. The summed E-state index contributed by atoms with van der Waals surface area (Å²) in [6.07, 6.45) is 9.52. The summed E-state index contributed by atoms with van der Waals surface area (Å²) in [6.45, 7) is 4.86. The molecule has 0 N–H and O–H groups in total. The Balaban J connectivity index is 1.49. The number of amides is 1.